The summed E-state index contributed by atoms with van der Waals surface area (Å²) in [6, 6.07) is 31.5. The van der Waals surface area contributed by atoms with Crippen LogP contribution < -0.4 is 4.74 Å². The zero-order valence-corrected chi connectivity index (χ0v) is 24.3. The molecule has 1 saturated heterocycles. The third-order valence-corrected chi connectivity index (χ3v) is 7.17. The van der Waals surface area contributed by atoms with Crippen LogP contribution in [0.2, 0.25) is 0 Å². The predicted molar refractivity (Wildman–Crippen MR) is 161 cm³/mol. The molecule has 4 aromatic carbocycles. The van der Waals surface area contributed by atoms with Gasteiger partial charge in [0.2, 0.25) is 0 Å². The smallest absolute Gasteiger partial charge is 0.485 e. The molecule has 1 aliphatic heterocycles. The number of benzene rings is 4. The molecule has 2 unspecified atom stereocenters. The molecule has 1 heterocycles. The van der Waals surface area contributed by atoms with Gasteiger partial charge >= 0.3 is 6.16 Å². The third kappa shape index (κ3) is 7.96. The lowest BCUT2D eigenvalue weighted by atomic mass is 9.87. The average molecular weight is 568 g/mol. The van der Waals surface area contributed by atoms with Gasteiger partial charge in [-0.2, -0.15) is 0 Å². The lowest BCUT2D eigenvalue weighted by molar-refractivity contribution is -0.179. The van der Waals surface area contributed by atoms with Crippen LogP contribution >= 0.6 is 0 Å². The minimum Gasteiger partial charge on any atom is -0.485 e. The van der Waals surface area contributed by atoms with Gasteiger partial charge in [0.05, 0.1) is 19.3 Å². The van der Waals surface area contributed by atoms with Gasteiger partial charge < -0.3 is 19.0 Å². The van der Waals surface area contributed by atoms with Crippen molar-refractivity contribution < 1.29 is 28.6 Å². The lowest BCUT2D eigenvalue weighted by Gasteiger charge is -2.37. The Morgan fingerprint density at radius 3 is 2.31 bits per heavy atom. The highest BCUT2D eigenvalue weighted by atomic mass is 16.8. The highest BCUT2D eigenvalue weighted by molar-refractivity contribution is 5.97. The van der Waals surface area contributed by atoms with Gasteiger partial charge in [0.1, 0.15) is 11.4 Å². The minimum atomic E-state index is -0.721. The number of ketones is 1. The summed E-state index contributed by atoms with van der Waals surface area (Å²) >= 11 is 0. The number of ether oxygens (including phenoxy) is 3. The molecule has 218 valence electrons. The van der Waals surface area contributed by atoms with Gasteiger partial charge in [0.25, 0.3) is 0 Å². The summed E-state index contributed by atoms with van der Waals surface area (Å²) in [5.74, 6) is 0.630. The van der Waals surface area contributed by atoms with E-state index in [-0.39, 0.29) is 24.4 Å². The van der Waals surface area contributed by atoms with Crippen LogP contribution in [0, 0.1) is 0 Å². The largest absolute Gasteiger partial charge is 0.528 e. The molecule has 5 rings (SSSR count). The van der Waals surface area contributed by atoms with E-state index in [1.807, 2.05) is 54.6 Å². The standard InChI is InChI=1S/C35H37NO6/c1-35(2,3)41-34(38)42-36-20-19-31(33(22-36)40-23-25-13-14-26-9-7-8-12-29(26)21-25)27-15-17-30(18-16-27)39-24-32(37)28-10-5-4-6-11-28/h4-18,21,31,33H,19-20,22-24H2,1-3H3. The molecule has 4 aromatic rings. The van der Waals surface area contributed by atoms with Crippen molar-refractivity contribution in [3.63, 3.8) is 0 Å². The first-order valence-corrected chi connectivity index (χ1v) is 14.3. The van der Waals surface area contributed by atoms with Gasteiger partial charge in [-0.25, -0.2) is 4.79 Å². The number of fused-ring (bicyclic) bond motifs is 1. The second-order valence-electron chi connectivity index (χ2n) is 11.5. The molecule has 7 heteroatoms. The van der Waals surface area contributed by atoms with Crippen molar-refractivity contribution in [1.29, 1.82) is 0 Å². The topological polar surface area (TPSA) is 74.3 Å². The molecule has 0 amide bonds. The molecule has 0 aromatic heterocycles. The number of Topliss-reactive ketones (excluding diaryl/α,β-unsaturated/α-hetero) is 1. The molecule has 7 nitrogen and oxygen atoms in total. The van der Waals surface area contributed by atoms with Gasteiger partial charge in [-0.3, -0.25) is 4.79 Å². The Hall–Kier alpha value is -4.20. The van der Waals surface area contributed by atoms with Crippen LogP contribution in [0.3, 0.4) is 0 Å². The van der Waals surface area contributed by atoms with Gasteiger partial charge in [0.15, 0.2) is 12.4 Å². The Morgan fingerprint density at radius 2 is 1.57 bits per heavy atom. The molecule has 0 saturated carbocycles. The molecule has 0 bridgehead atoms. The van der Waals surface area contributed by atoms with Crippen molar-refractivity contribution in [3.8, 4) is 5.75 Å². The van der Waals surface area contributed by atoms with E-state index in [9.17, 15) is 9.59 Å². The molecule has 0 spiro atoms. The quantitative estimate of drug-likeness (QED) is 0.155. The number of carbonyl (C=O) groups excluding carboxylic acids is 2. The lowest BCUT2D eigenvalue weighted by Crippen LogP contribution is -2.45. The molecule has 0 radical (unpaired) electrons. The summed E-state index contributed by atoms with van der Waals surface area (Å²) in [7, 11) is 0. The van der Waals surface area contributed by atoms with Crippen LogP contribution in [0.4, 0.5) is 4.79 Å². The maximum atomic E-state index is 12.4. The van der Waals surface area contributed by atoms with Crippen molar-refractivity contribution >= 4 is 22.7 Å². The van der Waals surface area contributed by atoms with E-state index in [0.717, 1.165) is 22.9 Å². The van der Waals surface area contributed by atoms with Gasteiger partial charge in [0, 0.05) is 18.0 Å². The van der Waals surface area contributed by atoms with Crippen LogP contribution in [0.25, 0.3) is 10.8 Å². The Morgan fingerprint density at radius 1 is 0.857 bits per heavy atom. The van der Waals surface area contributed by atoms with Gasteiger partial charge in [-0.1, -0.05) is 78.9 Å². The summed E-state index contributed by atoms with van der Waals surface area (Å²) < 4.78 is 17.6. The van der Waals surface area contributed by atoms with Crippen molar-refractivity contribution in [1.82, 2.24) is 5.06 Å². The zero-order chi connectivity index (χ0) is 29.5. The highest BCUT2D eigenvalue weighted by Gasteiger charge is 2.34. The number of piperidine rings is 1. The second kappa shape index (κ2) is 13.2. The van der Waals surface area contributed by atoms with E-state index in [0.29, 0.717) is 31.0 Å². The molecule has 1 fully saturated rings. The molecule has 0 aliphatic carbocycles. The van der Waals surface area contributed by atoms with Crippen LogP contribution in [-0.4, -0.2) is 48.4 Å². The second-order valence-corrected chi connectivity index (χ2v) is 11.5. The first-order valence-electron chi connectivity index (χ1n) is 14.3. The zero-order valence-electron chi connectivity index (χ0n) is 24.3. The number of nitrogens with zero attached hydrogens (tertiary/aromatic N) is 1. The van der Waals surface area contributed by atoms with Gasteiger partial charge in [-0.15, -0.1) is 5.06 Å². The average Bonchev–Trinajstić information content (AvgIpc) is 2.98. The number of hydrogen-bond acceptors (Lipinski definition) is 7. The molecule has 1 aliphatic rings. The Balaban J connectivity index is 1.26. The predicted octanol–water partition coefficient (Wildman–Crippen LogP) is 7.34. The Bertz CT molecular complexity index is 1500. The number of rotatable bonds is 9. The maximum absolute atomic E-state index is 12.4. The fourth-order valence-corrected chi connectivity index (χ4v) is 5.09. The molecular weight excluding hydrogens is 530 g/mol. The van der Waals surface area contributed by atoms with Crippen LogP contribution in [0.5, 0.6) is 5.75 Å². The summed E-state index contributed by atoms with van der Waals surface area (Å²) in [5.41, 5.74) is 2.15. The van der Waals surface area contributed by atoms with Crippen LogP contribution in [0.15, 0.2) is 97.1 Å². The Labute approximate surface area is 246 Å². The van der Waals surface area contributed by atoms with Crippen LogP contribution in [0.1, 0.15) is 54.6 Å². The van der Waals surface area contributed by atoms with Crippen molar-refractivity contribution in [2.24, 2.45) is 0 Å². The van der Waals surface area contributed by atoms with Crippen molar-refractivity contribution in [2.45, 2.75) is 51.4 Å². The van der Waals surface area contributed by atoms with Crippen molar-refractivity contribution in [3.05, 3.63) is 114 Å². The summed E-state index contributed by atoms with van der Waals surface area (Å²) in [5, 5.41) is 3.97. The van der Waals surface area contributed by atoms with E-state index in [1.54, 1.807) is 38.0 Å². The first kappa shape index (κ1) is 29.3. The number of carbonyl (C=O) groups is 2. The number of hydrogen-bond donors (Lipinski definition) is 0. The van der Waals surface area contributed by atoms with E-state index >= 15 is 0 Å². The first-order chi connectivity index (χ1) is 20.2. The summed E-state index contributed by atoms with van der Waals surface area (Å²) in [6.45, 7) is 6.77. The van der Waals surface area contributed by atoms with E-state index < -0.39 is 11.8 Å². The highest BCUT2D eigenvalue weighted by Crippen LogP contribution is 2.33. The van der Waals surface area contributed by atoms with Gasteiger partial charge in [-0.05, 0) is 67.3 Å². The van der Waals surface area contributed by atoms with E-state index in [1.165, 1.54) is 5.39 Å². The fourth-order valence-electron chi connectivity index (χ4n) is 5.09. The SMILES string of the molecule is CC(C)(C)OC(=O)ON1CCC(c2ccc(OCC(=O)c3ccccc3)cc2)C(OCc2ccc3ccccc3c2)C1. The van der Waals surface area contributed by atoms with Crippen molar-refractivity contribution in [2.75, 3.05) is 19.7 Å². The third-order valence-electron chi connectivity index (χ3n) is 7.17. The maximum Gasteiger partial charge on any atom is 0.528 e. The molecule has 0 N–H and O–H groups in total. The normalized spacial score (nSPS) is 17.5. The monoisotopic (exact) mass is 567 g/mol. The molecule has 42 heavy (non-hydrogen) atoms. The molecular formula is C35H37NO6. The summed E-state index contributed by atoms with van der Waals surface area (Å²) in [6.07, 6.45) is -0.238. The number of hydroxylamine groups is 2. The van der Waals surface area contributed by atoms with E-state index in [4.69, 9.17) is 19.0 Å². The Kier molecular flexibility index (Phi) is 9.20. The fraction of sp³-hybridized carbons (Fsp3) is 0.314. The minimum absolute atomic E-state index is 0.0265. The van der Waals surface area contributed by atoms with E-state index in [2.05, 4.69) is 30.3 Å². The van der Waals surface area contributed by atoms with Crippen LogP contribution in [-0.2, 0) is 20.9 Å². The summed E-state index contributed by atoms with van der Waals surface area (Å²) in [4.78, 5) is 30.3. The molecule has 2 atom stereocenters.